The van der Waals surface area contributed by atoms with Gasteiger partial charge in [-0.2, -0.15) is 0 Å². The number of piperidine rings is 1. The van der Waals surface area contributed by atoms with Gasteiger partial charge in [0.25, 0.3) is 5.91 Å². The topological polar surface area (TPSA) is 93.0 Å². The van der Waals surface area contributed by atoms with Crippen LogP contribution >= 0.6 is 0 Å². The molecule has 0 aromatic carbocycles. The van der Waals surface area contributed by atoms with Crippen molar-refractivity contribution in [3.63, 3.8) is 0 Å². The van der Waals surface area contributed by atoms with Crippen LogP contribution in [0.4, 0.5) is 4.79 Å². The maximum atomic E-state index is 12.7. The molecule has 1 unspecified atom stereocenters. The van der Waals surface area contributed by atoms with Crippen LogP contribution in [0.5, 0.6) is 0 Å². The number of hydrogen-bond donors (Lipinski definition) is 0. The summed E-state index contributed by atoms with van der Waals surface area (Å²) in [6.07, 6.45) is 1.87. The molecule has 0 saturated carbocycles. The second kappa shape index (κ2) is 5.92. The maximum absolute atomic E-state index is 12.7. The van der Waals surface area contributed by atoms with Gasteiger partial charge in [0.05, 0.1) is 6.04 Å². The Morgan fingerprint density at radius 2 is 2.12 bits per heavy atom. The van der Waals surface area contributed by atoms with E-state index in [1.54, 1.807) is 11.8 Å². The molecule has 0 spiro atoms. The van der Waals surface area contributed by atoms with Gasteiger partial charge in [-0.1, -0.05) is 5.16 Å². The van der Waals surface area contributed by atoms with Gasteiger partial charge in [0.1, 0.15) is 18.0 Å². The Labute approximate surface area is 139 Å². The zero-order valence-corrected chi connectivity index (χ0v) is 14.1. The summed E-state index contributed by atoms with van der Waals surface area (Å²) in [7, 11) is 0. The predicted octanol–water partition coefficient (Wildman–Crippen LogP) is 1.79. The number of amides is 3. The second-order valence-electron chi connectivity index (χ2n) is 6.73. The van der Waals surface area contributed by atoms with Gasteiger partial charge in [0, 0.05) is 12.6 Å². The zero-order chi connectivity index (χ0) is 17.5. The Morgan fingerprint density at radius 1 is 1.38 bits per heavy atom. The van der Waals surface area contributed by atoms with Gasteiger partial charge in [-0.05, 0) is 40.0 Å². The third kappa shape index (κ3) is 2.88. The molecule has 8 nitrogen and oxygen atoms in total. The van der Waals surface area contributed by atoms with Crippen LogP contribution in [0.3, 0.4) is 0 Å². The van der Waals surface area contributed by atoms with E-state index in [9.17, 15) is 14.4 Å². The Kier molecular flexibility index (Phi) is 4.06. The summed E-state index contributed by atoms with van der Waals surface area (Å²) in [5, 5.41) is 4.02. The number of rotatable bonds is 3. The van der Waals surface area contributed by atoms with Crippen LogP contribution in [0.25, 0.3) is 0 Å². The maximum Gasteiger partial charge on any atom is 0.418 e. The van der Waals surface area contributed by atoms with Gasteiger partial charge in [0.15, 0.2) is 5.60 Å². The average molecular weight is 335 g/mol. The first-order valence-electron chi connectivity index (χ1n) is 8.07. The molecule has 2 aliphatic heterocycles. The van der Waals surface area contributed by atoms with Crippen molar-refractivity contribution in [1.29, 1.82) is 0 Å². The smallest absolute Gasteiger partial charge is 0.418 e. The monoisotopic (exact) mass is 335 g/mol. The lowest BCUT2D eigenvalue weighted by molar-refractivity contribution is -0.142. The summed E-state index contributed by atoms with van der Waals surface area (Å²) < 4.78 is 10.1. The number of cyclic esters (lactones) is 1. The number of hydrogen-bond acceptors (Lipinski definition) is 6. The number of aryl methyl sites for hydroxylation is 1. The Hall–Kier alpha value is -2.38. The number of likely N-dealkylation sites (tertiary alicyclic amines) is 1. The van der Waals surface area contributed by atoms with Crippen LogP contribution in [0.15, 0.2) is 10.6 Å². The molecule has 2 fully saturated rings. The number of imide groups is 1. The number of nitrogens with zero attached hydrogens (tertiary/aromatic N) is 3. The lowest BCUT2D eigenvalue weighted by atomic mass is 9.99. The van der Waals surface area contributed by atoms with Crippen molar-refractivity contribution in [2.45, 2.75) is 51.7 Å². The highest BCUT2D eigenvalue weighted by Crippen LogP contribution is 2.31. The highest BCUT2D eigenvalue weighted by molar-refractivity contribution is 6.04. The van der Waals surface area contributed by atoms with Crippen LogP contribution in [0, 0.1) is 6.92 Å². The van der Waals surface area contributed by atoms with E-state index in [0.29, 0.717) is 18.0 Å². The minimum atomic E-state index is -1.22. The fourth-order valence-corrected chi connectivity index (χ4v) is 3.17. The molecule has 0 radical (unpaired) electrons. The van der Waals surface area contributed by atoms with Crippen LogP contribution in [0.1, 0.15) is 50.6 Å². The van der Waals surface area contributed by atoms with Crippen LogP contribution < -0.4 is 0 Å². The van der Waals surface area contributed by atoms with Gasteiger partial charge >= 0.3 is 6.09 Å². The van der Waals surface area contributed by atoms with Crippen molar-refractivity contribution in [1.82, 2.24) is 15.0 Å². The molecule has 3 rings (SSSR count). The van der Waals surface area contributed by atoms with Crippen LogP contribution in [-0.2, 0) is 14.3 Å². The van der Waals surface area contributed by atoms with E-state index in [2.05, 4.69) is 5.16 Å². The molecule has 130 valence electrons. The molecule has 2 aliphatic rings. The standard InChI is InChI=1S/C16H21N3O5/c1-10-8-11(17-24-10)12-6-4-5-7-18(12)13(20)9-19-14(21)16(2,3)23-15(19)22/h8,12H,4-7,9H2,1-3H3. The summed E-state index contributed by atoms with van der Waals surface area (Å²) >= 11 is 0. The first kappa shape index (κ1) is 16.5. The molecular formula is C16H21N3O5. The van der Waals surface area contributed by atoms with Crippen molar-refractivity contribution in [3.05, 3.63) is 17.5 Å². The molecule has 0 aliphatic carbocycles. The summed E-state index contributed by atoms with van der Waals surface area (Å²) in [5.74, 6) is -0.0990. The molecule has 1 aromatic heterocycles. The molecule has 3 heterocycles. The van der Waals surface area contributed by atoms with Crippen molar-refractivity contribution < 1.29 is 23.6 Å². The van der Waals surface area contributed by atoms with Gasteiger partial charge in [-0.15, -0.1) is 0 Å². The SMILES string of the molecule is Cc1cc(C2CCCCN2C(=O)CN2C(=O)OC(C)(C)C2=O)no1. The lowest BCUT2D eigenvalue weighted by Gasteiger charge is -2.35. The van der Waals surface area contributed by atoms with E-state index in [1.807, 2.05) is 6.07 Å². The van der Waals surface area contributed by atoms with Gasteiger partial charge in [-0.3, -0.25) is 9.59 Å². The Bertz CT molecular complexity index is 681. The summed E-state index contributed by atoms with van der Waals surface area (Å²) in [6, 6.07) is 1.62. The van der Waals surface area contributed by atoms with E-state index in [-0.39, 0.29) is 18.5 Å². The lowest BCUT2D eigenvalue weighted by Crippen LogP contribution is -2.47. The van der Waals surface area contributed by atoms with Crippen molar-refractivity contribution >= 4 is 17.9 Å². The van der Waals surface area contributed by atoms with Crippen molar-refractivity contribution in [3.8, 4) is 0 Å². The largest absolute Gasteiger partial charge is 0.433 e. The summed E-state index contributed by atoms with van der Waals surface area (Å²) in [5.41, 5.74) is -0.516. The molecule has 0 N–H and O–H groups in total. The number of carbonyl (C=O) groups is 3. The molecule has 1 atom stereocenters. The summed E-state index contributed by atoms with van der Waals surface area (Å²) in [4.78, 5) is 39.3. The van der Waals surface area contributed by atoms with E-state index in [1.165, 1.54) is 13.8 Å². The second-order valence-corrected chi connectivity index (χ2v) is 6.73. The fraction of sp³-hybridized carbons (Fsp3) is 0.625. The highest BCUT2D eigenvalue weighted by atomic mass is 16.6. The van der Waals surface area contributed by atoms with E-state index >= 15 is 0 Å². The number of aromatic nitrogens is 1. The molecule has 3 amide bonds. The quantitative estimate of drug-likeness (QED) is 0.836. The number of ether oxygens (including phenoxy) is 1. The normalized spacial score (nSPS) is 23.5. The van der Waals surface area contributed by atoms with E-state index in [4.69, 9.17) is 9.26 Å². The first-order valence-corrected chi connectivity index (χ1v) is 8.07. The minimum Gasteiger partial charge on any atom is -0.433 e. The fourth-order valence-electron chi connectivity index (χ4n) is 3.17. The van der Waals surface area contributed by atoms with Crippen molar-refractivity contribution in [2.75, 3.05) is 13.1 Å². The van der Waals surface area contributed by atoms with Crippen LogP contribution in [0.2, 0.25) is 0 Å². The van der Waals surface area contributed by atoms with Gasteiger partial charge in [-0.25, -0.2) is 9.69 Å². The van der Waals surface area contributed by atoms with Crippen LogP contribution in [-0.4, -0.2) is 51.6 Å². The molecule has 0 bridgehead atoms. The van der Waals surface area contributed by atoms with Crippen molar-refractivity contribution in [2.24, 2.45) is 0 Å². The van der Waals surface area contributed by atoms with E-state index in [0.717, 1.165) is 24.2 Å². The molecule has 24 heavy (non-hydrogen) atoms. The van der Waals surface area contributed by atoms with Gasteiger partial charge in [0.2, 0.25) is 5.91 Å². The third-order valence-corrected chi connectivity index (χ3v) is 4.43. The Balaban J connectivity index is 1.75. The molecule has 2 saturated heterocycles. The Morgan fingerprint density at radius 3 is 2.71 bits per heavy atom. The van der Waals surface area contributed by atoms with E-state index < -0.39 is 17.6 Å². The molecule has 8 heteroatoms. The highest BCUT2D eigenvalue weighted by Gasteiger charge is 2.48. The predicted molar refractivity (Wildman–Crippen MR) is 81.8 cm³/mol. The average Bonchev–Trinajstić information content (AvgIpc) is 3.04. The molecule has 1 aromatic rings. The first-order chi connectivity index (χ1) is 11.3. The summed E-state index contributed by atoms with van der Waals surface area (Å²) in [6.45, 7) is 5.08. The number of carbonyl (C=O) groups excluding carboxylic acids is 3. The molecular weight excluding hydrogens is 314 g/mol. The van der Waals surface area contributed by atoms with Gasteiger partial charge < -0.3 is 14.2 Å². The zero-order valence-electron chi connectivity index (χ0n) is 14.1. The third-order valence-electron chi connectivity index (χ3n) is 4.43. The minimum absolute atomic E-state index is 0.189.